The zero-order valence-electron chi connectivity index (χ0n) is 9.45. The predicted molar refractivity (Wildman–Crippen MR) is 58.8 cm³/mol. The van der Waals surface area contributed by atoms with Gasteiger partial charge < -0.3 is 20.9 Å². The summed E-state index contributed by atoms with van der Waals surface area (Å²) in [6, 6.07) is 0.336. The smallest absolute Gasteiger partial charge is 0.247 e. The van der Waals surface area contributed by atoms with Gasteiger partial charge in [0.15, 0.2) is 0 Å². The number of hydrogen-bond acceptors (Lipinski definition) is 4. The van der Waals surface area contributed by atoms with E-state index < -0.39 is 12.0 Å². The summed E-state index contributed by atoms with van der Waals surface area (Å²) in [6.07, 6.45) is 4.37. The van der Waals surface area contributed by atoms with E-state index in [0.29, 0.717) is 6.04 Å². The van der Waals surface area contributed by atoms with Crippen LogP contribution in [0.2, 0.25) is 0 Å². The molecule has 16 heavy (non-hydrogen) atoms. The first-order valence-electron chi connectivity index (χ1n) is 5.96. The van der Waals surface area contributed by atoms with Crippen molar-refractivity contribution in [3.8, 4) is 0 Å². The molecule has 1 spiro atoms. The number of amides is 1. The van der Waals surface area contributed by atoms with Gasteiger partial charge in [0.05, 0.1) is 5.60 Å². The van der Waals surface area contributed by atoms with Crippen LogP contribution in [0.4, 0.5) is 0 Å². The summed E-state index contributed by atoms with van der Waals surface area (Å²) in [5, 5.41) is 12.5. The first-order chi connectivity index (χ1) is 7.61. The predicted octanol–water partition coefficient (Wildman–Crippen LogP) is -0.476. The lowest BCUT2D eigenvalue weighted by Crippen LogP contribution is -2.52. The van der Waals surface area contributed by atoms with Crippen molar-refractivity contribution in [3.05, 3.63) is 0 Å². The van der Waals surface area contributed by atoms with Gasteiger partial charge in [0.1, 0.15) is 6.10 Å². The molecule has 1 saturated heterocycles. The Labute approximate surface area is 95.3 Å². The highest BCUT2D eigenvalue weighted by molar-refractivity contribution is 5.78. The first-order valence-corrected chi connectivity index (χ1v) is 5.96. The molecule has 2 unspecified atom stereocenters. The van der Waals surface area contributed by atoms with E-state index in [4.69, 9.17) is 10.5 Å². The van der Waals surface area contributed by atoms with Gasteiger partial charge in [-0.2, -0.15) is 0 Å². The Kier molecular flexibility index (Phi) is 3.47. The largest absolute Gasteiger partial charge is 0.382 e. The summed E-state index contributed by atoms with van der Waals surface area (Å²) < 4.78 is 5.79. The maximum Gasteiger partial charge on any atom is 0.247 e. The number of aliphatic hydroxyl groups excluding tert-OH is 1. The van der Waals surface area contributed by atoms with E-state index in [1.807, 2.05) is 0 Å². The van der Waals surface area contributed by atoms with Crippen LogP contribution >= 0.6 is 0 Å². The van der Waals surface area contributed by atoms with Crippen molar-refractivity contribution >= 4 is 5.91 Å². The summed E-state index contributed by atoms with van der Waals surface area (Å²) in [5.74, 6) is -0.669. The third kappa shape index (κ3) is 2.53. The average Bonchev–Trinajstić information content (AvgIpc) is 2.24. The Balaban J connectivity index is 1.75. The second kappa shape index (κ2) is 4.69. The molecule has 0 aromatic carbocycles. The molecular formula is C11H20N2O3. The normalized spacial score (nSPS) is 29.7. The van der Waals surface area contributed by atoms with E-state index in [2.05, 4.69) is 5.32 Å². The highest BCUT2D eigenvalue weighted by atomic mass is 16.5. The van der Waals surface area contributed by atoms with E-state index in [1.54, 1.807) is 0 Å². The molecular weight excluding hydrogens is 208 g/mol. The lowest BCUT2D eigenvalue weighted by molar-refractivity contribution is -0.136. The van der Waals surface area contributed by atoms with Gasteiger partial charge in [0.25, 0.3) is 0 Å². The van der Waals surface area contributed by atoms with Gasteiger partial charge in [0.2, 0.25) is 5.91 Å². The quantitative estimate of drug-likeness (QED) is 0.607. The zero-order chi connectivity index (χ0) is 11.6. The van der Waals surface area contributed by atoms with Gasteiger partial charge in [-0.3, -0.25) is 4.79 Å². The molecule has 1 aliphatic carbocycles. The minimum atomic E-state index is -1.08. The van der Waals surface area contributed by atoms with Gasteiger partial charge in [-0.1, -0.05) is 0 Å². The van der Waals surface area contributed by atoms with Crippen molar-refractivity contribution in [2.24, 2.45) is 5.73 Å². The van der Waals surface area contributed by atoms with E-state index >= 15 is 0 Å². The van der Waals surface area contributed by atoms with Crippen LogP contribution in [0.25, 0.3) is 0 Å². The number of primary amides is 1. The van der Waals surface area contributed by atoms with Crippen LogP contribution in [0.5, 0.6) is 0 Å². The molecule has 1 aliphatic heterocycles. The van der Waals surface area contributed by atoms with Crippen LogP contribution < -0.4 is 11.1 Å². The van der Waals surface area contributed by atoms with Crippen LogP contribution in [-0.4, -0.2) is 41.9 Å². The Morgan fingerprint density at radius 2 is 2.38 bits per heavy atom. The highest BCUT2D eigenvalue weighted by Gasteiger charge is 2.42. The fraction of sp³-hybridized carbons (Fsp3) is 0.909. The minimum Gasteiger partial charge on any atom is -0.382 e. The SMILES string of the molecule is NC(=O)C(O)CNC1CCOC2(CCC2)C1. The summed E-state index contributed by atoms with van der Waals surface area (Å²) in [6.45, 7) is 1.01. The second-order valence-electron chi connectivity index (χ2n) is 4.90. The topological polar surface area (TPSA) is 84.6 Å². The lowest BCUT2D eigenvalue weighted by atomic mass is 9.74. The minimum absolute atomic E-state index is 0.0909. The summed E-state index contributed by atoms with van der Waals surface area (Å²) in [5.41, 5.74) is 5.08. The zero-order valence-corrected chi connectivity index (χ0v) is 9.45. The number of carbonyl (C=O) groups is 1. The maximum absolute atomic E-state index is 10.7. The van der Waals surface area contributed by atoms with Crippen LogP contribution in [0.1, 0.15) is 32.1 Å². The molecule has 1 saturated carbocycles. The van der Waals surface area contributed by atoms with Gasteiger partial charge in [-0.05, 0) is 32.1 Å². The molecule has 2 fully saturated rings. The summed E-state index contributed by atoms with van der Waals surface area (Å²) in [7, 11) is 0. The Hall–Kier alpha value is -0.650. The van der Waals surface area contributed by atoms with Crippen LogP contribution in [0.15, 0.2) is 0 Å². The van der Waals surface area contributed by atoms with E-state index in [-0.39, 0.29) is 12.1 Å². The molecule has 0 aromatic heterocycles. The van der Waals surface area contributed by atoms with Crippen molar-refractivity contribution in [1.29, 1.82) is 0 Å². The molecule has 5 nitrogen and oxygen atoms in total. The van der Waals surface area contributed by atoms with Gasteiger partial charge in [0, 0.05) is 19.2 Å². The number of hydrogen-bond donors (Lipinski definition) is 3. The van der Waals surface area contributed by atoms with Crippen molar-refractivity contribution in [1.82, 2.24) is 5.32 Å². The van der Waals surface area contributed by atoms with Crippen LogP contribution in [-0.2, 0) is 9.53 Å². The number of rotatable bonds is 4. The molecule has 0 aromatic rings. The van der Waals surface area contributed by atoms with E-state index in [9.17, 15) is 9.90 Å². The molecule has 2 atom stereocenters. The molecule has 0 radical (unpaired) electrons. The number of ether oxygens (including phenoxy) is 1. The molecule has 4 N–H and O–H groups in total. The first kappa shape index (κ1) is 11.8. The molecule has 5 heteroatoms. The van der Waals surface area contributed by atoms with Crippen LogP contribution in [0.3, 0.4) is 0 Å². The monoisotopic (exact) mass is 228 g/mol. The Morgan fingerprint density at radius 1 is 1.62 bits per heavy atom. The Bertz CT molecular complexity index is 266. The van der Waals surface area contributed by atoms with Gasteiger partial charge in [-0.25, -0.2) is 0 Å². The van der Waals surface area contributed by atoms with Crippen LogP contribution in [0, 0.1) is 0 Å². The van der Waals surface area contributed by atoms with Crippen molar-refractivity contribution in [2.75, 3.05) is 13.2 Å². The maximum atomic E-state index is 10.7. The fourth-order valence-electron chi connectivity index (χ4n) is 2.50. The van der Waals surface area contributed by atoms with E-state index in [1.165, 1.54) is 6.42 Å². The molecule has 0 bridgehead atoms. The molecule has 92 valence electrons. The van der Waals surface area contributed by atoms with E-state index in [0.717, 1.165) is 32.3 Å². The second-order valence-corrected chi connectivity index (χ2v) is 4.90. The standard InChI is InChI=1S/C11H20N2O3/c12-10(15)9(14)7-13-8-2-5-16-11(6-8)3-1-4-11/h8-9,13-14H,1-7H2,(H2,12,15). The summed E-state index contributed by atoms with van der Waals surface area (Å²) in [4.78, 5) is 10.7. The van der Waals surface area contributed by atoms with Crippen molar-refractivity contribution in [2.45, 2.75) is 49.9 Å². The number of nitrogens with one attached hydrogen (secondary N) is 1. The Morgan fingerprint density at radius 3 is 2.94 bits per heavy atom. The van der Waals surface area contributed by atoms with Gasteiger partial charge in [-0.15, -0.1) is 0 Å². The lowest BCUT2D eigenvalue weighted by Gasteiger charge is -2.47. The highest BCUT2D eigenvalue weighted by Crippen LogP contribution is 2.42. The average molecular weight is 228 g/mol. The molecule has 1 amide bonds. The molecule has 2 rings (SSSR count). The number of nitrogens with two attached hydrogens (primary N) is 1. The summed E-state index contributed by atoms with van der Waals surface area (Å²) >= 11 is 0. The molecule has 1 heterocycles. The fourth-order valence-corrected chi connectivity index (χ4v) is 2.50. The van der Waals surface area contributed by atoms with Gasteiger partial charge >= 0.3 is 0 Å². The third-order valence-electron chi connectivity index (χ3n) is 3.69. The molecule has 2 aliphatic rings. The number of carbonyl (C=O) groups excluding carboxylic acids is 1. The van der Waals surface area contributed by atoms with Crippen molar-refractivity contribution < 1.29 is 14.6 Å². The van der Waals surface area contributed by atoms with Crippen molar-refractivity contribution in [3.63, 3.8) is 0 Å². The third-order valence-corrected chi connectivity index (χ3v) is 3.69. The number of aliphatic hydroxyl groups is 1.